The predicted octanol–water partition coefficient (Wildman–Crippen LogP) is 0.121. The average Bonchev–Trinajstić information content (AvgIpc) is 2.23. The van der Waals surface area contributed by atoms with E-state index < -0.39 is 12.0 Å². The van der Waals surface area contributed by atoms with Gasteiger partial charge in [-0.15, -0.1) is 12.4 Å². The molecule has 0 saturated heterocycles. The van der Waals surface area contributed by atoms with Crippen molar-refractivity contribution in [3.8, 4) is 5.75 Å². The smallest absolute Gasteiger partial charge is 0.256 e. The molecule has 1 aromatic rings. The summed E-state index contributed by atoms with van der Waals surface area (Å²) in [5.41, 5.74) is 5.31. The molecule has 0 radical (unpaired) electrons. The minimum absolute atomic E-state index is 0. The number of methoxy groups -OCH3 is 1. The first-order chi connectivity index (χ1) is 7.19. The highest BCUT2D eigenvalue weighted by atomic mass is 35.5. The highest BCUT2D eigenvalue weighted by Crippen LogP contribution is 2.18. The van der Waals surface area contributed by atoms with Crippen molar-refractivity contribution in [3.05, 3.63) is 18.3 Å². The molecule has 1 amide bonds. The number of rotatable bonds is 4. The topological polar surface area (TPSA) is 97.5 Å². The molecule has 0 bridgehead atoms. The van der Waals surface area contributed by atoms with Crippen LogP contribution in [0.25, 0.3) is 0 Å². The van der Waals surface area contributed by atoms with Crippen LogP contribution in [0.1, 0.15) is 0 Å². The van der Waals surface area contributed by atoms with Crippen molar-refractivity contribution in [3.63, 3.8) is 0 Å². The van der Waals surface area contributed by atoms with Crippen molar-refractivity contribution in [1.82, 2.24) is 4.98 Å². The SMILES string of the molecule is COC(CN)C(=O)Nc1ncccc1O.Cl. The van der Waals surface area contributed by atoms with Crippen LogP contribution in [0, 0.1) is 0 Å². The van der Waals surface area contributed by atoms with E-state index in [1.165, 1.54) is 19.4 Å². The summed E-state index contributed by atoms with van der Waals surface area (Å²) < 4.78 is 4.83. The molecule has 1 rings (SSSR count). The summed E-state index contributed by atoms with van der Waals surface area (Å²) in [6.45, 7) is 0.0654. The standard InChI is InChI=1S/C9H13N3O3.ClH/c1-15-7(5-10)9(14)12-8-6(13)3-2-4-11-8;/h2-4,7,13H,5,10H2,1H3,(H,11,12,14);1H. The van der Waals surface area contributed by atoms with E-state index in [0.717, 1.165) is 0 Å². The number of anilines is 1. The fourth-order valence-electron chi connectivity index (χ4n) is 1.00. The van der Waals surface area contributed by atoms with E-state index in [1.54, 1.807) is 6.07 Å². The minimum atomic E-state index is -0.744. The summed E-state index contributed by atoms with van der Waals surface area (Å²) in [5.74, 6) is -0.440. The lowest BCUT2D eigenvalue weighted by atomic mass is 10.3. The summed E-state index contributed by atoms with van der Waals surface area (Å²) in [6.07, 6.45) is 0.714. The number of aromatic hydroxyl groups is 1. The van der Waals surface area contributed by atoms with Crippen LogP contribution < -0.4 is 11.1 Å². The molecular formula is C9H14ClN3O3. The van der Waals surface area contributed by atoms with E-state index in [4.69, 9.17) is 10.5 Å². The van der Waals surface area contributed by atoms with Gasteiger partial charge in [0.1, 0.15) is 6.10 Å². The van der Waals surface area contributed by atoms with Crippen molar-refractivity contribution >= 4 is 24.1 Å². The third-order valence-electron chi connectivity index (χ3n) is 1.82. The van der Waals surface area contributed by atoms with Crippen LogP contribution in [0.2, 0.25) is 0 Å². The highest BCUT2D eigenvalue weighted by Gasteiger charge is 2.17. The first kappa shape index (κ1) is 14.6. The number of pyridine rings is 1. The van der Waals surface area contributed by atoms with Gasteiger partial charge in [0.15, 0.2) is 11.6 Å². The monoisotopic (exact) mass is 247 g/mol. The Labute approximate surface area is 99.2 Å². The maximum absolute atomic E-state index is 11.5. The van der Waals surface area contributed by atoms with Crippen molar-refractivity contribution in [2.24, 2.45) is 5.73 Å². The lowest BCUT2D eigenvalue weighted by molar-refractivity contribution is -0.125. The fraction of sp³-hybridized carbons (Fsp3) is 0.333. The lowest BCUT2D eigenvalue weighted by Crippen LogP contribution is -2.36. The van der Waals surface area contributed by atoms with E-state index in [9.17, 15) is 9.90 Å². The Bertz CT molecular complexity index is 345. The number of hydrogen-bond acceptors (Lipinski definition) is 5. The Morgan fingerprint density at radius 3 is 2.94 bits per heavy atom. The molecule has 7 heteroatoms. The summed E-state index contributed by atoms with van der Waals surface area (Å²) in [6, 6.07) is 2.98. The average molecular weight is 248 g/mol. The molecule has 90 valence electrons. The van der Waals surface area contributed by atoms with Gasteiger partial charge in [-0.25, -0.2) is 4.98 Å². The van der Waals surface area contributed by atoms with Crippen molar-refractivity contribution in [1.29, 1.82) is 0 Å². The summed E-state index contributed by atoms with van der Waals surface area (Å²) >= 11 is 0. The van der Waals surface area contributed by atoms with Crippen molar-refractivity contribution < 1.29 is 14.6 Å². The van der Waals surface area contributed by atoms with Crippen LogP contribution in [0.3, 0.4) is 0 Å². The summed E-state index contributed by atoms with van der Waals surface area (Å²) in [5, 5.41) is 11.7. The summed E-state index contributed by atoms with van der Waals surface area (Å²) in [7, 11) is 1.38. The van der Waals surface area contributed by atoms with Crippen LogP contribution in [-0.4, -0.2) is 35.8 Å². The molecule has 0 saturated carbocycles. The normalized spacial score (nSPS) is 11.4. The van der Waals surface area contributed by atoms with Gasteiger partial charge in [-0.3, -0.25) is 4.79 Å². The molecule has 1 atom stereocenters. The first-order valence-electron chi connectivity index (χ1n) is 4.36. The lowest BCUT2D eigenvalue weighted by Gasteiger charge is -2.12. The molecule has 1 aromatic heterocycles. The molecule has 0 aliphatic carbocycles. The van der Waals surface area contributed by atoms with E-state index in [-0.39, 0.29) is 30.5 Å². The van der Waals surface area contributed by atoms with Gasteiger partial charge < -0.3 is 20.9 Å². The zero-order chi connectivity index (χ0) is 11.3. The maximum atomic E-state index is 11.5. The van der Waals surface area contributed by atoms with Crippen LogP contribution >= 0.6 is 12.4 Å². The zero-order valence-electron chi connectivity index (χ0n) is 8.71. The molecule has 0 spiro atoms. The Morgan fingerprint density at radius 1 is 1.75 bits per heavy atom. The third kappa shape index (κ3) is 3.65. The maximum Gasteiger partial charge on any atom is 0.256 e. The van der Waals surface area contributed by atoms with Gasteiger partial charge in [-0.2, -0.15) is 0 Å². The number of nitrogens with one attached hydrogen (secondary N) is 1. The van der Waals surface area contributed by atoms with Crippen molar-refractivity contribution in [2.45, 2.75) is 6.10 Å². The van der Waals surface area contributed by atoms with Crippen LogP contribution in [0.15, 0.2) is 18.3 Å². The van der Waals surface area contributed by atoms with E-state index in [0.29, 0.717) is 0 Å². The number of aromatic nitrogens is 1. The molecule has 0 aliphatic rings. The molecule has 1 heterocycles. The first-order valence-corrected chi connectivity index (χ1v) is 4.36. The fourth-order valence-corrected chi connectivity index (χ4v) is 1.00. The van der Waals surface area contributed by atoms with E-state index in [2.05, 4.69) is 10.3 Å². The molecule has 0 fully saturated rings. The number of ether oxygens (including phenoxy) is 1. The van der Waals surface area contributed by atoms with Gasteiger partial charge in [-0.1, -0.05) is 0 Å². The highest BCUT2D eigenvalue weighted by molar-refractivity contribution is 5.94. The molecular weight excluding hydrogens is 234 g/mol. The molecule has 4 N–H and O–H groups in total. The number of carbonyl (C=O) groups excluding carboxylic acids is 1. The molecule has 16 heavy (non-hydrogen) atoms. The molecule has 6 nitrogen and oxygen atoms in total. The van der Waals surface area contributed by atoms with Gasteiger partial charge >= 0.3 is 0 Å². The Balaban J connectivity index is 0.00000225. The quantitative estimate of drug-likeness (QED) is 0.702. The van der Waals surface area contributed by atoms with Crippen LogP contribution in [0.4, 0.5) is 5.82 Å². The largest absolute Gasteiger partial charge is 0.504 e. The number of carbonyl (C=O) groups is 1. The van der Waals surface area contributed by atoms with Crippen molar-refractivity contribution in [2.75, 3.05) is 19.0 Å². The number of nitrogens with zero attached hydrogens (tertiary/aromatic N) is 1. The van der Waals surface area contributed by atoms with E-state index >= 15 is 0 Å². The van der Waals surface area contributed by atoms with E-state index in [1.807, 2.05) is 0 Å². The minimum Gasteiger partial charge on any atom is -0.504 e. The van der Waals surface area contributed by atoms with Gasteiger partial charge in [-0.05, 0) is 12.1 Å². The predicted molar refractivity (Wildman–Crippen MR) is 61.6 cm³/mol. The number of halogens is 1. The molecule has 1 unspecified atom stereocenters. The second-order valence-electron chi connectivity index (χ2n) is 2.82. The summed E-state index contributed by atoms with van der Waals surface area (Å²) in [4.78, 5) is 15.3. The van der Waals surface area contributed by atoms with Gasteiger partial charge in [0.05, 0.1) is 0 Å². The number of hydrogen-bond donors (Lipinski definition) is 3. The number of nitrogens with two attached hydrogens (primary N) is 1. The molecule has 0 aliphatic heterocycles. The number of amides is 1. The second-order valence-corrected chi connectivity index (χ2v) is 2.82. The Kier molecular flexibility index (Phi) is 6.40. The third-order valence-corrected chi connectivity index (χ3v) is 1.82. The zero-order valence-corrected chi connectivity index (χ0v) is 9.53. The second kappa shape index (κ2) is 7.00. The Hall–Kier alpha value is -1.37. The van der Waals surface area contributed by atoms with Gasteiger partial charge in [0.25, 0.3) is 5.91 Å². The van der Waals surface area contributed by atoms with Gasteiger partial charge in [0.2, 0.25) is 0 Å². The molecule has 0 aromatic carbocycles. The van der Waals surface area contributed by atoms with Crippen LogP contribution in [-0.2, 0) is 9.53 Å². The van der Waals surface area contributed by atoms with Crippen LogP contribution in [0.5, 0.6) is 5.75 Å². The Morgan fingerprint density at radius 2 is 2.44 bits per heavy atom. The van der Waals surface area contributed by atoms with Gasteiger partial charge in [0, 0.05) is 19.9 Å².